The highest BCUT2D eigenvalue weighted by molar-refractivity contribution is 9.10. The van der Waals surface area contributed by atoms with Crippen molar-refractivity contribution in [1.29, 1.82) is 10.5 Å². The minimum Gasteiger partial charge on any atom is -0.492 e. The second-order valence-electron chi connectivity index (χ2n) is 15.2. The fourth-order valence-corrected chi connectivity index (χ4v) is 8.21. The minimum absolute atomic E-state index is 0.0594. The molecular formula is C51H44BrClFN7O4. The van der Waals surface area contributed by atoms with Crippen molar-refractivity contribution in [3.8, 4) is 17.9 Å². The lowest BCUT2D eigenvalue weighted by Crippen LogP contribution is -2.40. The van der Waals surface area contributed by atoms with Crippen LogP contribution in [0.25, 0.3) is 23.1 Å². The van der Waals surface area contributed by atoms with Crippen molar-refractivity contribution in [2.45, 2.75) is 38.0 Å². The third kappa shape index (κ3) is 11.9. The van der Waals surface area contributed by atoms with Gasteiger partial charge >= 0.3 is 0 Å². The second kappa shape index (κ2) is 22.2. The van der Waals surface area contributed by atoms with Crippen LogP contribution in [0.3, 0.4) is 0 Å². The number of nitriles is 2. The Balaban J connectivity index is 1.01. The summed E-state index contributed by atoms with van der Waals surface area (Å²) < 4.78 is 27.3. The fourth-order valence-electron chi connectivity index (χ4n) is 7.55. The van der Waals surface area contributed by atoms with Gasteiger partial charge in [-0.3, -0.25) is 14.5 Å². The Kier molecular flexibility index (Phi) is 15.8. The summed E-state index contributed by atoms with van der Waals surface area (Å²) in [5.74, 6) is -1.25. The van der Waals surface area contributed by atoms with Crippen molar-refractivity contribution >= 4 is 62.4 Å². The van der Waals surface area contributed by atoms with Gasteiger partial charge in [-0.25, -0.2) is 14.4 Å². The molecule has 0 saturated carbocycles. The van der Waals surface area contributed by atoms with Crippen molar-refractivity contribution in [2.75, 3.05) is 32.8 Å². The largest absolute Gasteiger partial charge is 0.492 e. The summed E-state index contributed by atoms with van der Waals surface area (Å²) in [6, 6.07) is 39.5. The van der Waals surface area contributed by atoms with E-state index in [4.69, 9.17) is 26.1 Å². The lowest BCUT2D eigenvalue weighted by Gasteiger charge is -2.33. The number of rotatable bonds is 16. The van der Waals surface area contributed by atoms with Gasteiger partial charge in [0, 0.05) is 30.6 Å². The van der Waals surface area contributed by atoms with Crippen LogP contribution < -0.4 is 15.4 Å². The second-order valence-corrected chi connectivity index (χ2v) is 16.4. The number of hydrogen-bond acceptors (Lipinski definition) is 9. The summed E-state index contributed by atoms with van der Waals surface area (Å²) in [5, 5.41) is 27.1. The number of aromatic nitrogens is 2. The highest BCUT2D eigenvalue weighted by Gasteiger charge is 2.26. The molecule has 3 unspecified atom stereocenters. The van der Waals surface area contributed by atoms with Gasteiger partial charge < -0.3 is 20.1 Å². The SMILES string of the molecule is CCCC(NC(=O)C(C#N)=Cc1ccc2ccc(C3CN(CCOc4cccc(C(NC(=O)C(C#N)=Cc5nc(Br)ccc5F)c5ccccc5)c4)CCO3)c(Cl)c2n1)c1ccccc1. The zero-order valence-corrected chi connectivity index (χ0v) is 37.7. The van der Waals surface area contributed by atoms with Crippen LogP contribution in [-0.4, -0.2) is 59.5 Å². The maximum absolute atomic E-state index is 14.5. The molecule has 0 bridgehead atoms. The molecule has 1 aliphatic rings. The Morgan fingerprint density at radius 3 is 2.32 bits per heavy atom. The molecule has 6 aromatic rings. The number of morpholine rings is 1. The number of carbonyl (C=O) groups excluding carboxylic acids is 2. The lowest BCUT2D eigenvalue weighted by molar-refractivity contribution is -0.118. The maximum atomic E-state index is 14.5. The molecule has 14 heteroatoms. The summed E-state index contributed by atoms with van der Waals surface area (Å²) in [5.41, 5.74) is 3.69. The average molecular weight is 953 g/mol. The maximum Gasteiger partial charge on any atom is 0.262 e. The normalized spacial score (nSPS) is 15.3. The van der Waals surface area contributed by atoms with Gasteiger partial charge in [-0.1, -0.05) is 116 Å². The summed E-state index contributed by atoms with van der Waals surface area (Å²) in [6.45, 7) is 4.68. The molecule has 1 saturated heterocycles. The van der Waals surface area contributed by atoms with Crippen LogP contribution in [0.15, 0.2) is 137 Å². The molecule has 0 radical (unpaired) electrons. The number of nitrogens with one attached hydrogen (secondary N) is 2. The van der Waals surface area contributed by atoms with Crippen molar-refractivity contribution in [3.63, 3.8) is 0 Å². The monoisotopic (exact) mass is 951 g/mol. The first kappa shape index (κ1) is 46.3. The summed E-state index contributed by atoms with van der Waals surface area (Å²) in [6.07, 6.45) is 3.84. The summed E-state index contributed by atoms with van der Waals surface area (Å²) in [7, 11) is 0. The number of halogens is 3. The van der Waals surface area contributed by atoms with Crippen LogP contribution >= 0.6 is 27.5 Å². The first-order chi connectivity index (χ1) is 31.6. The number of ether oxygens (including phenoxy) is 2. The fraction of sp³-hybridized carbons (Fsp3) is 0.216. The van der Waals surface area contributed by atoms with E-state index >= 15 is 0 Å². The van der Waals surface area contributed by atoms with Crippen LogP contribution in [-0.2, 0) is 14.3 Å². The molecule has 7 rings (SSSR count). The Labute approximate surface area is 390 Å². The molecule has 0 spiro atoms. The van der Waals surface area contributed by atoms with Gasteiger partial charge in [0.25, 0.3) is 11.8 Å². The van der Waals surface area contributed by atoms with E-state index in [0.29, 0.717) is 65.0 Å². The van der Waals surface area contributed by atoms with Crippen LogP contribution in [0.4, 0.5) is 4.39 Å². The molecule has 1 fully saturated rings. The lowest BCUT2D eigenvalue weighted by atomic mass is 9.98. The highest BCUT2D eigenvalue weighted by Crippen LogP contribution is 2.34. The zero-order chi connectivity index (χ0) is 45.7. The molecule has 2 aromatic heterocycles. The van der Waals surface area contributed by atoms with Gasteiger partial charge in [-0.05, 0) is 81.5 Å². The van der Waals surface area contributed by atoms with Crippen LogP contribution in [0.2, 0.25) is 5.02 Å². The number of benzene rings is 4. The first-order valence-corrected chi connectivity index (χ1v) is 22.2. The average Bonchev–Trinajstić information content (AvgIpc) is 3.33. The Morgan fingerprint density at radius 1 is 0.892 bits per heavy atom. The van der Waals surface area contributed by atoms with E-state index in [0.717, 1.165) is 41.0 Å². The molecule has 65 heavy (non-hydrogen) atoms. The summed E-state index contributed by atoms with van der Waals surface area (Å²) >= 11 is 10.3. The van der Waals surface area contributed by atoms with Crippen LogP contribution in [0, 0.1) is 28.5 Å². The van der Waals surface area contributed by atoms with Crippen LogP contribution in [0.5, 0.6) is 5.75 Å². The number of fused-ring (bicyclic) bond motifs is 1. The Morgan fingerprint density at radius 2 is 1.58 bits per heavy atom. The highest BCUT2D eigenvalue weighted by atomic mass is 79.9. The number of amides is 2. The van der Waals surface area contributed by atoms with E-state index in [1.54, 1.807) is 6.07 Å². The molecule has 11 nitrogen and oxygen atoms in total. The van der Waals surface area contributed by atoms with E-state index in [9.17, 15) is 24.5 Å². The van der Waals surface area contributed by atoms with Gasteiger partial charge in [0.05, 0.1) is 41.0 Å². The van der Waals surface area contributed by atoms with Gasteiger partial charge in [0.1, 0.15) is 51.8 Å². The van der Waals surface area contributed by atoms with Crippen molar-refractivity contribution < 1.29 is 23.5 Å². The third-order valence-corrected chi connectivity index (χ3v) is 11.7. The Bertz CT molecular complexity index is 2810. The number of nitrogens with zero attached hydrogens (tertiary/aromatic N) is 5. The molecule has 4 aromatic carbocycles. The number of pyridine rings is 2. The third-order valence-electron chi connectivity index (χ3n) is 10.9. The number of carbonyl (C=O) groups is 2. The molecule has 0 aliphatic carbocycles. The summed E-state index contributed by atoms with van der Waals surface area (Å²) in [4.78, 5) is 37.9. The van der Waals surface area contributed by atoms with Gasteiger partial charge in [-0.15, -0.1) is 0 Å². The zero-order valence-electron chi connectivity index (χ0n) is 35.4. The number of hydrogen-bond donors (Lipinski definition) is 2. The Hall–Kier alpha value is -6.74. The van der Waals surface area contributed by atoms with Gasteiger partial charge in [-0.2, -0.15) is 10.5 Å². The van der Waals surface area contributed by atoms with Gasteiger partial charge in [0.2, 0.25) is 0 Å². The smallest absolute Gasteiger partial charge is 0.262 e. The van der Waals surface area contributed by atoms with E-state index in [1.165, 1.54) is 18.2 Å². The van der Waals surface area contributed by atoms with Gasteiger partial charge in [0.15, 0.2) is 0 Å². The van der Waals surface area contributed by atoms with E-state index in [1.807, 2.05) is 122 Å². The van der Waals surface area contributed by atoms with Crippen LogP contribution in [0.1, 0.15) is 71.6 Å². The molecule has 1 aliphatic heterocycles. The molecular weight excluding hydrogens is 909 g/mol. The van der Waals surface area contributed by atoms with E-state index in [-0.39, 0.29) is 29.0 Å². The van der Waals surface area contributed by atoms with E-state index < -0.39 is 23.7 Å². The van der Waals surface area contributed by atoms with Crippen molar-refractivity contribution in [3.05, 3.63) is 182 Å². The predicted molar refractivity (Wildman–Crippen MR) is 252 cm³/mol. The van der Waals surface area contributed by atoms with E-state index in [2.05, 4.69) is 36.4 Å². The quantitative estimate of drug-likeness (QED) is 0.0548. The van der Waals surface area contributed by atoms with Crippen molar-refractivity contribution in [1.82, 2.24) is 25.5 Å². The predicted octanol–water partition coefficient (Wildman–Crippen LogP) is 10.0. The standard InChI is InChI=1S/C51H44BrClFN7O4/c1-2-10-43(33-11-5-3-6-12-33)59-50(62)37(30-55)27-39-19-17-35-18-20-41(47(53)49(35)57-39)45-32-61(24-26-65-45)23-25-64-40-16-9-15-36(28-40)48(34-13-7-4-8-14-34)60-51(63)38(31-56)29-44-42(54)21-22-46(52)58-44/h3-9,11-22,27-29,43,45,48H,2,10,23-26,32H2,1H3,(H,59,62)(H,60,63). The topological polar surface area (TPSA) is 153 Å². The molecule has 2 amide bonds. The van der Waals surface area contributed by atoms with Crippen molar-refractivity contribution in [2.24, 2.45) is 0 Å². The molecule has 2 N–H and O–H groups in total. The minimum atomic E-state index is -0.692. The molecule has 328 valence electrons. The molecule has 3 heterocycles. The molecule has 3 atom stereocenters. The first-order valence-electron chi connectivity index (χ1n) is 21.1.